The van der Waals surface area contributed by atoms with Crippen LogP contribution in [0.15, 0.2) is 0 Å². The molecule has 2 N–H and O–H groups in total. The molecular formula is C11H20N2O. The first kappa shape index (κ1) is 9.97. The molecule has 0 spiro atoms. The number of amides is 1. The van der Waals surface area contributed by atoms with E-state index < -0.39 is 0 Å². The molecule has 2 rings (SSSR count). The zero-order valence-corrected chi connectivity index (χ0v) is 8.72. The van der Waals surface area contributed by atoms with Gasteiger partial charge in [0.25, 0.3) is 0 Å². The van der Waals surface area contributed by atoms with E-state index in [1.54, 1.807) is 0 Å². The van der Waals surface area contributed by atoms with Crippen LogP contribution in [0.2, 0.25) is 0 Å². The summed E-state index contributed by atoms with van der Waals surface area (Å²) in [5.74, 6) is 1.61. The molecule has 1 amide bonds. The Hall–Kier alpha value is -0.570. The molecule has 0 bridgehead atoms. The van der Waals surface area contributed by atoms with Gasteiger partial charge in [0.2, 0.25) is 5.91 Å². The summed E-state index contributed by atoms with van der Waals surface area (Å²) in [5, 5.41) is 6.33. The molecule has 3 heteroatoms. The molecule has 0 aromatic rings. The highest BCUT2D eigenvalue weighted by atomic mass is 16.1. The minimum absolute atomic E-state index is 0.255. The molecule has 1 aliphatic heterocycles. The lowest BCUT2D eigenvalue weighted by Crippen LogP contribution is -2.33. The van der Waals surface area contributed by atoms with Gasteiger partial charge >= 0.3 is 0 Å². The predicted octanol–water partition coefficient (Wildman–Crippen LogP) is 0.902. The second-order valence-corrected chi connectivity index (χ2v) is 4.66. The number of carbonyl (C=O) groups excluding carboxylic acids is 1. The van der Waals surface area contributed by atoms with Gasteiger partial charge in [-0.2, -0.15) is 0 Å². The minimum atomic E-state index is 0.255. The number of hydrogen-bond acceptors (Lipinski definition) is 2. The van der Waals surface area contributed by atoms with E-state index in [2.05, 4.69) is 10.6 Å². The lowest BCUT2D eigenvalue weighted by Gasteiger charge is -2.25. The summed E-state index contributed by atoms with van der Waals surface area (Å²) in [6, 6.07) is 0. The van der Waals surface area contributed by atoms with E-state index in [9.17, 15) is 4.79 Å². The van der Waals surface area contributed by atoms with E-state index in [4.69, 9.17) is 0 Å². The minimum Gasteiger partial charge on any atom is -0.356 e. The Labute approximate surface area is 85.6 Å². The SMILES string of the molecule is O=C(CC1CCNC1)NCC1CCC1. The maximum absolute atomic E-state index is 11.5. The van der Waals surface area contributed by atoms with Crippen molar-refractivity contribution in [1.29, 1.82) is 0 Å². The summed E-state index contributed by atoms with van der Waals surface area (Å²) in [4.78, 5) is 11.5. The van der Waals surface area contributed by atoms with Crippen LogP contribution in [0.1, 0.15) is 32.1 Å². The van der Waals surface area contributed by atoms with Gasteiger partial charge < -0.3 is 10.6 Å². The quantitative estimate of drug-likeness (QED) is 0.701. The van der Waals surface area contributed by atoms with Gasteiger partial charge in [0.15, 0.2) is 0 Å². The number of carbonyl (C=O) groups is 1. The van der Waals surface area contributed by atoms with Crippen LogP contribution in [0.4, 0.5) is 0 Å². The fourth-order valence-corrected chi connectivity index (χ4v) is 2.18. The molecule has 0 radical (unpaired) electrons. The Morgan fingerprint density at radius 2 is 2.14 bits per heavy atom. The molecule has 3 nitrogen and oxygen atoms in total. The summed E-state index contributed by atoms with van der Waals surface area (Å²) in [6.07, 6.45) is 5.86. The highest BCUT2D eigenvalue weighted by molar-refractivity contribution is 5.76. The molecule has 0 aromatic heterocycles. The summed E-state index contributed by atoms with van der Waals surface area (Å²) >= 11 is 0. The molecule has 1 aliphatic carbocycles. The van der Waals surface area contributed by atoms with Gasteiger partial charge in [-0.15, -0.1) is 0 Å². The van der Waals surface area contributed by atoms with Gasteiger partial charge in [-0.3, -0.25) is 4.79 Å². The molecule has 1 heterocycles. The van der Waals surface area contributed by atoms with Gasteiger partial charge in [-0.1, -0.05) is 6.42 Å². The highest BCUT2D eigenvalue weighted by Crippen LogP contribution is 2.25. The lowest BCUT2D eigenvalue weighted by molar-refractivity contribution is -0.122. The Bertz CT molecular complexity index is 195. The summed E-state index contributed by atoms with van der Waals surface area (Å²) in [5.41, 5.74) is 0. The van der Waals surface area contributed by atoms with Crippen LogP contribution < -0.4 is 10.6 Å². The average Bonchev–Trinajstić information content (AvgIpc) is 2.54. The number of nitrogens with one attached hydrogen (secondary N) is 2. The molecule has 1 saturated heterocycles. The fraction of sp³-hybridized carbons (Fsp3) is 0.909. The number of hydrogen-bond donors (Lipinski definition) is 2. The van der Waals surface area contributed by atoms with Gasteiger partial charge in [0.05, 0.1) is 0 Å². The largest absolute Gasteiger partial charge is 0.356 e. The van der Waals surface area contributed by atoms with Crippen LogP contribution in [-0.2, 0) is 4.79 Å². The normalized spacial score (nSPS) is 27.3. The topological polar surface area (TPSA) is 41.1 Å². The molecule has 1 saturated carbocycles. The monoisotopic (exact) mass is 196 g/mol. The lowest BCUT2D eigenvalue weighted by atomic mass is 9.85. The molecule has 1 unspecified atom stereocenters. The van der Waals surface area contributed by atoms with E-state index in [1.807, 2.05) is 0 Å². The Morgan fingerprint density at radius 1 is 1.29 bits per heavy atom. The Morgan fingerprint density at radius 3 is 2.71 bits per heavy atom. The smallest absolute Gasteiger partial charge is 0.220 e. The molecule has 0 aromatic carbocycles. The maximum Gasteiger partial charge on any atom is 0.220 e. The first-order valence-electron chi connectivity index (χ1n) is 5.82. The summed E-state index contributed by atoms with van der Waals surface area (Å²) in [6.45, 7) is 3.02. The van der Waals surface area contributed by atoms with Gasteiger partial charge in [0, 0.05) is 13.0 Å². The Kier molecular flexibility index (Phi) is 3.40. The van der Waals surface area contributed by atoms with Gasteiger partial charge in [-0.05, 0) is 44.2 Å². The zero-order valence-electron chi connectivity index (χ0n) is 8.72. The van der Waals surface area contributed by atoms with Crippen molar-refractivity contribution < 1.29 is 4.79 Å². The second-order valence-electron chi connectivity index (χ2n) is 4.66. The van der Waals surface area contributed by atoms with Crippen LogP contribution in [0, 0.1) is 11.8 Å². The predicted molar refractivity (Wildman–Crippen MR) is 55.9 cm³/mol. The fourth-order valence-electron chi connectivity index (χ4n) is 2.18. The highest BCUT2D eigenvalue weighted by Gasteiger charge is 2.20. The van der Waals surface area contributed by atoms with E-state index in [0.29, 0.717) is 5.92 Å². The van der Waals surface area contributed by atoms with Crippen molar-refractivity contribution in [3.05, 3.63) is 0 Å². The van der Waals surface area contributed by atoms with Crippen LogP contribution >= 0.6 is 0 Å². The van der Waals surface area contributed by atoms with Crippen LogP contribution in [0.3, 0.4) is 0 Å². The third kappa shape index (κ3) is 2.71. The molecule has 80 valence electrons. The first-order chi connectivity index (χ1) is 6.84. The van der Waals surface area contributed by atoms with Crippen LogP contribution in [-0.4, -0.2) is 25.5 Å². The summed E-state index contributed by atoms with van der Waals surface area (Å²) in [7, 11) is 0. The molecule has 1 atom stereocenters. The van der Waals surface area contributed by atoms with E-state index in [-0.39, 0.29) is 5.91 Å². The Balaban J connectivity index is 1.57. The van der Waals surface area contributed by atoms with Gasteiger partial charge in [-0.25, -0.2) is 0 Å². The third-order valence-electron chi connectivity index (χ3n) is 3.45. The van der Waals surface area contributed by atoms with E-state index in [1.165, 1.54) is 19.3 Å². The maximum atomic E-state index is 11.5. The van der Waals surface area contributed by atoms with Crippen molar-refractivity contribution in [2.24, 2.45) is 11.8 Å². The summed E-state index contributed by atoms with van der Waals surface area (Å²) < 4.78 is 0. The van der Waals surface area contributed by atoms with Crippen molar-refractivity contribution in [1.82, 2.24) is 10.6 Å². The van der Waals surface area contributed by atoms with E-state index >= 15 is 0 Å². The van der Waals surface area contributed by atoms with Crippen molar-refractivity contribution in [3.63, 3.8) is 0 Å². The number of rotatable bonds is 4. The third-order valence-corrected chi connectivity index (χ3v) is 3.45. The molecule has 2 aliphatic rings. The van der Waals surface area contributed by atoms with Gasteiger partial charge in [0.1, 0.15) is 0 Å². The molecular weight excluding hydrogens is 176 g/mol. The standard InChI is InChI=1S/C11H20N2O/c14-11(6-10-4-5-12-7-10)13-8-9-2-1-3-9/h9-10,12H,1-8H2,(H,13,14). The van der Waals surface area contributed by atoms with Crippen LogP contribution in [0.5, 0.6) is 0 Å². The van der Waals surface area contributed by atoms with Crippen molar-refractivity contribution in [3.8, 4) is 0 Å². The van der Waals surface area contributed by atoms with Crippen molar-refractivity contribution >= 4 is 5.91 Å². The van der Waals surface area contributed by atoms with Crippen LogP contribution in [0.25, 0.3) is 0 Å². The molecule has 2 fully saturated rings. The molecule has 14 heavy (non-hydrogen) atoms. The first-order valence-corrected chi connectivity index (χ1v) is 5.82. The van der Waals surface area contributed by atoms with E-state index in [0.717, 1.165) is 38.4 Å². The average molecular weight is 196 g/mol. The second kappa shape index (κ2) is 4.78. The van der Waals surface area contributed by atoms with Crippen molar-refractivity contribution in [2.45, 2.75) is 32.1 Å². The zero-order chi connectivity index (χ0) is 9.80. The van der Waals surface area contributed by atoms with Crippen molar-refractivity contribution in [2.75, 3.05) is 19.6 Å².